The van der Waals surface area contributed by atoms with E-state index in [1.165, 1.54) is 70.6 Å². The summed E-state index contributed by atoms with van der Waals surface area (Å²) < 4.78 is 75.7. The Labute approximate surface area is 217 Å². The minimum absolute atomic E-state index is 0.0497. The lowest BCUT2D eigenvalue weighted by atomic mass is 10.0. The highest BCUT2D eigenvalue weighted by Gasteiger charge is 2.28. The van der Waals surface area contributed by atoms with E-state index >= 15 is 0 Å². The van der Waals surface area contributed by atoms with E-state index in [2.05, 4.69) is 11.7 Å². The lowest BCUT2D eigenvalue weighted by Crippen LogP contribution is -2.14. The summed E-state index contributed by atoms with van der Waals surface area (Å²) in [5.41, 5.74) is 0. The molecule has 0 saturated heterocycles. The van der Waals surface area contributed by atoms with Gasteiger partial charge in [-0.1, -0.05) is 96.8 Å². The third kappa shape index (κ3) is 13.8. The minimum atomic E-state index is -2.34. The molecule has 9 heteroatoms. The molecule has 0 spiro atoms. The Morgan fingerprint density at radius 2 is 0.892 bits per heavy atom. The minimum Gasteiger partial charge on any atom is -0.466 e. The van der Waals surface area contributed by atoms with Crippen LogP contribution in [0.25, 0.3) is 0 Å². The first-order valence-electron chi connectivity index (χ1n) is 13.7. The van der Waals surface area contributed by atoms with Gasteiger partial charge >= 0.3 is 11.9 Å². The van der Waals surface area contributed by atoms with Crippen LogP contribution in [-0.4, -0.2) is 18.5 Å². The van der Waals surface area contributed by atoms with E-state index in [9.17, 15) is 31.5 Å². The fraction of sp³-hybridized carbons (Fsp3) is 0.714. The second-order valence-corrected chi connectivity index (χ2v) is 9.40. The topological polar surface area (TPSA) is 52.6 Å². The molecule has 0 bridgehead atoms. The standard InChI is InChI=1S/C28H41F5O4/c1-2-3-4-5-6-7-8-9-10-11-12-13-14-15-16-20-36-21(34)18-17-19-22(35)37-28-26(32)24(30)23(29)25(31)27(28)33/h2-20H2,1H3. The second-order valence-electron chi connectivity index (χ2n) is 9.40. The molecule has 0 amide bonds. The second kappa shape index (κ2) is 19.9. The number of hydrogen-bond acceptors (Lipinski definition) is 4. The summed E-state index contributed by atoms with van der Waals surface area (Å²) in [6.45, 7) is 2.50. The van der Waals surface area contributed by atoms with Crippen LogP contribution in [0.4, 0.5) is 22.0 Å². The van der Waals surface area contributed by atoms with Crippen molar-refractivity contribution in [3.63, 3.8) is 0 Å². The van der Waals surface area contributed by atoms with Gasteiger partial charge in [0.1, 0.15) is 0 Å². The summed E-state index contributed by atoms with van der Waals surface area (Å²) >= 11 is 0. The zero-order valence-corrected chi connectivity index (χ0v) is 22.0. The van der Waals surface area contributed by atoms with Crippen LogP contribution in [0.15, 0.2) is 0 Å². The molecule has 0 aliphatic heterocycles. The molecule has 4 nitrogen and oxygen atoms in total. The molecule has 0 aliphatic carbocycles. The molecule has 0 N–H and O–H groups in total. The third-order valence-corrected chi connectivity index (χ3v) is 6.16. The molecule has 0 aliphatic rings. The SMILES string of the molecule is CCCCCCCCCCCCCCCCCOC(=O)CCCC(=O)Oc1c(F)c(F)c(F)c(F)c1F. The largest absolute Gasteiger partial charge is 0.466 e. The van der Waals surface area contributed by atoms with Crippen molar-refractivity contribution in [3.8, 4) is 5.75 Å². The van der Waals surface area contributed by atoms with Crippen molar-refractivity contribution in [1.82, 2.24) is 0 Å². The van der Waals surface area contributed by atoms with Crippen LogP contribution < -0.4 is 4.74 Å². The Bertz CT molecular complexity index is 787. The van der Waals surface area contributed by atoms with Gasteiger partial charge in [0.25, 0.3) is 0 Å². The van der Waals surface area contributed by atoms with Gasteiger partial charge in [-0.05, 0) is 12.8 Å². The number of ether oxygens (including phenoxy) is 2. The summed E-state index contributed by atoms with van der Waals surface area (Å²) in [5, 5.41) is 0. The van der Waals surface area contributed by atoms with E-state index in [1.807, 2.05) is 0 Å². The molecule has 0 atom stereocenters. The van der Waals surface area contributed by atoms with Gasteiger partial charge in [-0.2, -0.15) is 8.78 Å². The molecule has 37 heavy (non-hydrogen) atoms. The Morgan fingerprint density at radius 3 is 1.35 bits per heavy atom. The fourth-order valence-electron chi connectivity index (χ4n) is 3.95. The van der Waals surface area contributed by atoms with Crippen LogP contribution in [0.3, 0.4) is 0 Å². The average Bonchev–Trinajstić information content (AvgIpc) is 2.88. The number of esters is 2. The zero-order valence-electron chi connectivity index (χ0n) is 22.0. The van der Waals surface area contributed by atoms with Crippen LogP contribution in [0, 0.1) is 29.1 Å². The van der Waals surface area contributed by atoms with Gasteiger partial charge in [-0.3, -0.25) is 9.59 Å². The van der Waals surface area contributed by atoms with Crippen LogP contribution in [-0.2, 0) is 14.3 Å². The molecule has 0 saturated carbocycles. The smallest absolute Gasteiger partial charge is 0.311 e. The highest BCUT2D eigenvalue weighted by atomic mass is 19.2. The van der Waals surface area contributed by atoms with E-state index in [4.69, 9.17) is 4.74 Å². The lowest BCUT2D eigenvalue weighted by Gasteiger charge is -2.09. The van der Waals surface area contributed by atoms with E-state index in [0.717, 1.165) is 25.7 Å². The number of hydrogen-bond donors (Lipinski definition) is 0. The summed E-state index contributed by atoms with van der Waals surface area (Å²) in [6.07, 6.45) is 17.8. The monoisotopic (exact) mass is 536 g/mol. The molecule has 0 unspecified atom stereocenters. The first kappa shape index (κ1) is 32.8. The van der Waals surface area contributed by atoms with Gasteiger partial charge in [0.15, 0.2) is 0 Å². The van der Waals surface area contributed by atoms with Gasteiger partial charge in [0, 0.05) is 12.8 Å². The molecule has 1 aromatic rings. The van der Waals surface area contributed by atoms with Crippen molar-refractivity contribution in [3.05, 3.63) is 29.1 Å². The lowest BCUT2D eigenvalue weighted by molar-refractivity contribution is -0.144. The number of carbonyl (C=O) groups is 2. The number of rotatable bonds is 21. The molecular weight excluding hydrogens is 495 g/mol. The van der Waals surface area contributed by atoms with E-state index in [-0.39, 0.29) is 19.4 Å². The molecular formula is C28H41F5O4. The molecule has 0 radical (unpaired) electrons. The molecule has 212 valence electrons. The van der Waals surface area contributed by atoms with Crippen LogP contribution in [0.2, 0.25) is 0 Å². The van der Waals surface area contributed by atoms with Crippen molar-refractivity contribution in [2.24, 2.45) is 0 Å². The Hall–Kier alpha value is -2.19. The van der Waals surface area contributed by atoms with Gasteiger partial charge in [-0.15, -0.1) is 0 Å². The first-order valence-corrected chi connectivity index (χ1v) is 13.7. The summed E-state index contributed by atoms with van der Waals surface area (Å²) in [6, 6.07) is 0. The third-order valence-electron chi connectivity index (χ3n) is 6.16. The first-order chi connectivity index (χ1) is 17.8. The number of unbranched alkanes of at least 4 members (excludes halogenated alkanes) is 14. The maximum atomic E-state index is 13.5. The summed E-state index contributed by atoms with van der Waals surface area (Å²) in [4.78, 5) is 23.4. The van der Waals surface area contributed by atoms with Crippen molar-refractivity contribution in [2.45, 2.75) is 122 Å². The van der Waals surface area contributed by atoms with Crippen molar-refractivity contribution in [1.29, 1.82) is 0 Å². The number of halogens is 5. The number of carbonyl (C=O) groups excluding carboxylic acids is 2. The van der Waals surface area contributed by atoms with E-state index < -0.39 is 53.2 Å². The molecule has 0 aromatic heterocycles. The molecule has 1 aromatic carbocycles. The van der Waals surface area contributed by atoms with Gasteiger partial charge in [0.05, 0.1) is 6.61 Å². The average molecular weight is 537 g/mol. The number of benzene rings is 1. The van der Waals surface area contributed by atoms with Crippen molar-refractivity contribution in [2.75, 3.05) is 6.61 Å². The Kier molecular flexibility index (Phi) is 17.6. The molecule has 1 rings (SSSR count). The van der Waals surface area contributed by atoms with Crippen LogP contribution in [0.1, 0.15) is 122 Å². The summed E-state index contributed by atoms with van der Waals surface area (Å²) in [7, 11) is 0. The van der Waals surface area contributed by atoms with Crippen molar-refractivity contribution < 1.29 is 41.0 Å². The van der Waals surface area contributed by atoms with Crippen LogP contribution >= 0.6 is 0 Å². The normalized spacial score (nSPS) is 11.1. The summed E-state index contributed by atoms with van der Waals surface area (Å²) in [5.74, 6) is -14.6. The predicted molar refractivity (Wildman–Crippen MR) is 132 cm³/mol. The maximum Gasteiger partial charge on any atom is 0.311 e. The Morgan fingerprint density at radius 1 is 0.514 bits per heavy atom. The zero-order chi connectivity index (χ0) is 27.5. The van der Waals surface area contributed by atoms with Gasteiger partial charge < -0.3 is 9.47 Å². The Balaban J connectivity index is 2.00. The van der Waals surface area contributed by atoms with Gasteiger partial charge in [-0.25, -0.2) is 13.2 Å². The van der Waals surface area contributed by atoms with Gasteiger partial charge in [0.2, 0.25) is 34.8 Å². The predicted octanol–water partition coefficient (Wildman–Crippen LogP) is 8.87. The molecule has 0 fully saturated rings. The quantitative estimate of drug-likeness (QED) is 0.0393. The van der Waals surface area contributed by atoms with Crippen LogP contribution in [0.5, 0.6) is 5.75 Å². The van der Waals surface area contributed by atoms with Crippen molar-refractivity contribution >= 4 is 11.9 Å². The fourth-order valence-corrected chi connectivity index (χ4v) is 3.95. The highest BCUT2D eigenvalue weighted by Crippen LogP contribution is 2.29. The highest BCUT2D eigenvalue weighted by molar-refractivity contribution is 5.74. The maximum absolute atomic E-state index is 13.5. The van der Waals surface area contributed by atoms with E-state index in [1.54, 1.807) is 0 Å². The molecule has 0 heterocycles. The van der Waals surface area contributed by atoms with E-state index in [0.29, 0.717) is 0 Å².